The highest BCUT2D eigenvalue weighted by molar-refractivity contribution is 9.10. The number of carbonyl (C=O) groups excluding carboxylic acids is 1. The van der Waals surface area contributed by atoms with Crippen LogP contribution in [-0.2, 0) is 4.79 Å². The second-order valence-corrected chi connectivity index (χ2v) is 6.23. The molecule has 6 heteroatoms. The van der Waals surface area contributed by atoms with Gasteiger partial charge in [0.25, 0.3) is 0 Å². The van der Waals surface area contributed by atoms with Gasteiger partial charge in [-0.2, -0.15) is 0 Å². The molecule has 0 fully saturated rings. The summed E-state index contributed by atoms with van der Waals surface area (Å²) in [6.45, 7) is 4.23. The summed E-state index contributed by atoms with van der Waals surface area (Å²) in [7, 11) is 0. The van der Waals surface area contributed by atoms with Crippen molar-refractivity contribution in [3.05, 3.63) is 28.7 Å². The van der Waals surface area contributed by atoms with Crippen molar-refractivity contribution in [2.45, 2.75) is 32.4 Å². The monoisotopic (exact) mass is 358 g/mol. The van der Waals surface area contributed by atoms with Crippen molar-refractivity contribution in [2.24, 2.45) is 11.7 Å². The summed E-state index contributed by atoms with van der Waals surface area (Å²) in [5, 5.41) is 12.5. The summed E-state index contributed by atoms with van der Waals surface area (Å²) in [4.78, 5) is 11.7. The van der Waals surface area contributed by atoms with E-state index in [1.807, 2.05) is 32.0 Å². The molecule has 0 aliphatic rings. The highest BCUT2D eigenvalue weighted by Gasteiger charge is 2.16. The molecule has 0 aromatic heterocycles. The lowest BCUT2D eigenvalue weighted by atomic mass is 10.0. The molecule has 0 radical (unpaired) electrons. The predicted molar refractivity (Wildman–Crippen MR) is 86.1 cm³/mol. The lowest BCUT2D eigenvalue weighted by Crippen LogP contribution is -2.45. The molecule has 0 bridgehead atoms. The molecule has 1 amide bonds. The van der Waals surface area contributed by atoms with E-state index >= 15 is 0 Å². The third-order valence-corrected chi connectivity index (χ3v) is 3.50. The summed E-state index contributed by atoms with van der Waals surface area (Å²) < 4.78 is 6.30. The van der Waals surface area contributed by atoms with Crippen molar-refractivity contribution in [3.8, 4) is 5.75 Å². The van der Waals surface area contributed by atoms with Gasteiger partial charge in [0.15, 0.2) is 0 Å². The second kappa shape index (κ2) is 9.02. The normalized spacial score (nSPS) is 13.8. The number of halogens is 1. The molecular formula is C15H23BrN2O3. The van der Waals surface area contributed by atoms with Crippen molar-refractivity contribution in [3.63, 3.8) is 0 Å². The Morgan fingerprint density at radius 2 is 2.10 bits per heavy atom. The van der Waals surface area contributed by atoms with Gasteiger partial charge in [0.05, 0.1) is 10.5 Å². The highest BCUT2D eigenvalue weighted by Crippen LogP contribution is 2.23. The molecule has 118 valence electrons. The van der Waals surface area contributed by atoms with Crippen LogP contribution in [0.15, 0.2) is 28.7 Å². The average Bonchev–Trinajstić information content (AvgIpc) is 2.43. The summed E-state index contributed by atoms with van der Waals surface area (Å²) in [5.41, 5.74) is 5.76. The largest absolute Gasteiger partial charge is 0.490 e. The van der Waals surface area contributed by atoms with Crippen LogP contribution in [0.5, 0.6) is 5.75 Å². The number of ether oxygens (including phenoxy) is 1. The first kappa shape index (κ1) is 17.9. The van der Waals surface area contributed by atoms with Crippen molar-refractivity contribution < 1.29 is 14.6 Å². The third-order valence-electron chi connectivity index (χ3n) is 2.84. The lowest BCUT2D eigenvalue weighted by Gasteiger charge is -2.17. The van der Waals surface area contributed by atoms with Crippen LogP contribution in [0.3, 0.4) is 0 Å². The van der Waals surface area contributed by atoms with E-state index in [-0.39, 0.29) is 19.1 Å². The Kier molecular flexibility index (Phi) is 7.71. The zero-order chi connectivity index (χ0) is 15.8. The fourth-order valence-electron chi connectivity index (χ4n) is 1.77. The zero-order valence-electron chi connectivity index (χ0n) is 12.4. The van der Waals surface area contributed by atoms with Crippen LogP contribution in [0.4, 0.5) is 0 Å². The summed E-state index contributed by atoms with van der Waals surface area (Å²) in [6, 6.07) is 6.84. The topological polar surface area (TPSA) is 84.6 Å². The maximum absolute atomic E-state index is 11.7. The Labute approximate surface area is 134 Å². The first-order valence-electron chi connectivity index (χ1n) is 6.98. The minimum absolute atomic E-state index is 0.0995. The number of nitrogens with two attached hydrogens (primary N) is 1. The number of amides is 1. The van der Waals surface area contributed by atoms with Gasteiger partial charge < -0.3 is 20.9 Å². The van der Waals surface area contributed by atoms with E-state index < -0.39 is 12.1 Å². The van der Waals surface area contributed by atoms with Gasteiger partial charge in [-0.1, -0.05) is 26.0 Å². The van der Waals surface area contributed by atoms with Crippen molar-refractivity contribution >= 4 is 21.8 Å². The number of carbonyl (C=O) groups is 1. The van der Waals surface area contributed by atoms with E-state index in [4.69, 9.17) is 10.5 Å². The fourth-order valence-corrected chi connectivity index (χ4v) is 2.17. The van der Waals surface area contributed by atoms with Gasteiger partial charge in [-0.15, -0.1) is 0 Å². The number of hydrogen-bond acceptors (Lipinski definition) is 4. The van der Waals surface area contributed by atoms with E-state index in [1.54, 1.807) is 6.07 Å². The molecule has 0 spiro atoms. The highest BCUT2D eigenvalue weighted by atomic mass is 79.9. The molecule has 1 aromatic carbocycles. The summed E-state index contributed by atoms with van der Waals surface area (Å²) >= 11 is 3.36. The van der Waals surface area contributed by atoms with Gasteiger partial charge >= 0.3 is 0 Å². The molecule has 1 unspecified atom stereocenters. The summed E-state index contributed by atoms with van der Waals surface area (Å²) in [5.74, 6) is 0.762. The Hall–Kier alpha value is -1.11. The molecule has 0 heterocycles. The smallest absolute Gasteiger partial charge is 0.237 e. The molecule has 0 saturated heterocycles. The third kappa shape index (κ3) is 6.93. The molecule has 21 heavy (non-hydrogen) atoms. The van der Waals surface area contributed by atoms with Gasteiger partial charge in [-0.05, 0) is 40.4 Å². The Balaban J connectivity index is 2.29. The van der Waals surface area contributed by atoms with Crippen LogP contribution >= 0.6 is 15.9 Å². The predicted octanol–water partition coefficient (Wildman–Crippen LogP) is 1.68. The molecule has 1 rings (SSSR count). The molecule has 4 N–H and O–H groups in total. The van der Waals surface area contributed by atoms with E-state index in [1.165, 1.54) is 0 Å². The Morgan fingerprint density at radius 1 is 1.43 bits per heavy atom. The number of benzene rings is 1. The zero-order valence-corrected chi connectivity index (χ0v) is 14.0. The van der Waals surface area contributed by atoms with Crippen LogP contribution in [0, 0.1) is 5.92 Å². The van der Waals surface area contributed by atoms with Crippen molar-refractivity contribution in [1.29, 1.82) is 0 Å². The van der Waals surface area contributed by atoms with Gasteiger partial charge in [0, 0.05) is 6.54 Å². The van der Waals surface area contributed by atoms with Crippen molar-refractivity contribution in [1.82, 2.24) is 5.32 Å². The molecule has 0 aliphatic heterocycles. The SMILES string of the molecule is CC(C)C[C@H](N)C(=O)NCC(O)COc1ccccc1Br. The van der Waals surface area contributed by atoms with Gasteiger partial charge in [0.2, 0.25) is 5.91 Å². The van der Waals surface area contributed by atoms with E-state index in [0.717, 1.165) is 4.47 Å². The number of aliphatic hydroxyl groups is 1. The molecule has 0 saturated carbocycles. The molecular weight excluding hydrogens is 336 g/mol. The maximum Gasteiger partial charge on any atom is 0.237 e. The molecule has 0 aliphatic carbocycles. The molecule has 5 nitrogen and oxygen atoms in total. The van der Waals surface area contributed by atoms with Crippen LogP contribution < -0.4 is 15.8 Å². The number of aliphatic hydroxyl groups excluding tert-OH is 1. The van der Waals surface area contributed by atoms with E-state index in [0.29, 0.717) is 18.1 Å². The number of hydrogen-bond donors (Lipinski definition) is 3. The van der Waals surface area contributed by atoms with Gasteiger partial charge in [0.1, 0.15) is 18.5 Å². The second-order valence-electron chi connectivity index (χ2n) is 5.38. The van der Waals surface area contributed by atoms with Crippen molar-refractivity contribution in [2.75, 3.05) is 13.2 Å². The Bertz CT molecular complexity index is 454. The maximum atomic E-state index is 11.7. The summed E-state index contributed by atoms with van der Waals surface area (Å²) in [6.07, 6.45) is -0.164. The number of para-hydroxylation sites is 1. The minimum atomic E-state index is -0.785. The molecule has 2 atom stereocenters. The van der Waals surface area contributed by atoms with E-state index in [9.17, 15) is 9.90 Å². The first-order valence-corrected chi connectivity index (χ1v) is 7.78. The van der Waals surface area contributed by atoms with Crippen LogP contribution in [0.2, 0.25) is 0 Å². The van der Waals surface area contributed by atoms with Gasteiger partial charge in [-0.3, -0.25) is 4.79 Å². The lowest BCUT2D eigenvalue weighted by molar-refractivity contribution is -0.123. The Morgan fingerprint density at radius 3 is 2.71 bits per heavy atom. The standard InChI is InChI=1S/C15H23BrN2O3/c1-10(2)7-13(17)15(20)18-8-11(19)9-21-14-6-4-3-5-12(14)16/h3-6,10-11,13,19H,7-9,17H2,1-2H3,(H,18,20)/t11?,13-/m0/s1. The van der Waals surface area contributed by atoms with Crippen LogP contribution in [0.1, 0.15) is 20.3 Å². The van der Waals surface area contributed by atoms with Gasteiger partial charge in [-0.25, -0.2) is 0 Å². The molecule has 1 aromatic rings. The first-order chi connectivity index (χ1) is 9.90. The number of rotatable bonds is 8. The van der Waals surface area contributed by atoms with E-state index in [2.05, 4.69) is 21.2 Å². The van der Waals surface area contributed by atoms with Crippen LogP contribution in [-0.4, -0.2) is 36.3 Å². The fraction of sp³-hybridized carbons (Fsp3) is 0.533. The minimum Gasteiger partial charge on any atom is -0.490 e. The quantitative estimate of drug-likeness (QED) is 0.659. The number of nitrogens with one attached hydrogen (secondary N) is 1. The average molecular weight is 359 g/mol. The van der Waals surface area contributed by atoms with Crippen LogP contribution in [0.25, 0.3) is 0 Å².